The van der Waals surface area contributed by atoms with E-state index in [4.69, 9.17) is 23.2 Å². The topological polar surface area (TPSA) is 100 Å². The summed E-state index contributed by atoms with van der Waals surface area (Å²) in [5, 5.41) is 11.8. The average Bonchev–Trinajstić information content (AvgIpc) is 3.52. The minimum atomic E-state index is -0.468. The molecule has 0 atom stereocenters. The predicted octanol–water partition coefficient (Wildman–Crippen LogP) is 9.38. The van der Waals surface area contributed by atoms with Gasteiger partial charge in [0.05, 0.1) is 16.5 Å². The Kier molecular flexibility index (Phi) is 11.5. The number of carbonyl (C=O) groups is 3. The predicted molar refractivity (Wildman–Crippen MR) is 194 cm³/mol. The molecule has 11 heteroatoms. The summed E-state index contributed by atoms with van der Waals surface area (Å²) in [4.78, 5) is 44.3. The Balaban J connectivity index is 1.20. The fourth-order valence-electron chi connectivity index (χ4n) is 4.38. The second-order valence-corrected chi connectivity index (χ2v) is 13.4. The number of nitrogens with zero attached hydrogens (tertiary/aromatic N) is 1. The molecule has 1 heterocycles. The smallest absolute Gasteiger partial charge is 0.272 e. The van der Waals surface area contributed by atoms with Gasteiger partial charge in [-0.1, -0.05) is 79.5 Å². The molecule has 4 aromatic carbocycles. The zero-order valence-electron chi connectivity index (χ0n) is 25.4. The molecule has 0 bridgehead atoms. The van der Waals surface area contributed by atoms with Gasteiger partial charge >= 0.3 is 0 Å². The van der Waals surface area contributed by atoms with E-state index >= 15 is 0 Å². The van der Waals surface area contributed by atoms with Gasteiger partial charge in [-0.15, -0.1) is 23.1 Å². The third kappa shape index (κ3) is 9.56. The van der Waals surface area contributed by atoms with E-state index in [0.29, 0.717) is 38.0 Å². The standard InChI is InChI=1S/C36H30Cl2N4O3S2/c1-22(2)24-10-8-23(9-11-24)18-31(40-34(44)25-6-4-3-5-7-25)35(45)39-27-13-15-28(16-14-27)46-21-33(43)42-36-41-32(20-47-36)29-17-12-26(37)19-30(29)38/h3-20,22H,21H2,1-2H3,(H,39,45)(H,40,44)(H,41,42,43)/b31-18-. The first-order valence-corrected chi connectivity index (χ1v) is 17.2. The van der Waals surface area contributed by atoms with E-state index in [1.165, 1.54) is 28.7 Å². The minimum Gasteiger partial charge on any atom is -0.321 e. The van der Waals surface area contributed by atoms with Gasteiger partial charge in [0.2, 0.25) is 5.91 Å². The van der Waals surface area contributed by atoms with Gasteiger partial charge in [-0.3, -0.25) is 14.4 Å². The van der Waals surface area contributed by atoms with Crippen molar-refractivity contribution in [1.82, 2.24) is 10.3 Å². The second-order valence-electron chi connectivity index (χ2n) is 10.7. The van der Waals surface area contributed by atoms with E-state index in [0.717, 1.165) is 16.0 Å². The monoisotopic (exact) mass is 700 g/mol. The number of aromatic nitrogens is 1. The molecule has 5 rings (SSSR count). The molecule has 0 aliphatic rings. The zero-order chi connectivity index (χ0) is 33.3. The summed E-state index contributed by atoms with van der Waals surface area (Å²) in [6, 6.07) is 28.9. The normalized spacial score (nSPS) is 11.3. The molecular formula is C36H30Cl2N4O3S2. The van der Waals surface area contributed by atoms with Crippen LogP contribution in [0.1, 0.15) is 41.3 Å². The van der Waals surface area contributed by atoms with Crippen molar-refractivity contribution in [3.05, 3.63) is 135 Å². The lowest BCUT2D eigenvalue weighted by Gasteiger charge is -2.12. The van der Waals surface area contributed by atoms with E-state index in [9.17, 15) is 14.4 Å². The van der Waals surface area contributed by atoms with E-state index in [1.807, 2.05) is 47.8 Å². The van der Waals surface area contributed by atoms with Gasteiger partial charge in [0, 0.05) is 32.1 Å². The summed E-state index contributed by atoms with van der Waals surface area (Å²) in [6.45, 7) is 4.22. The molecular weight excluding hydrogens is 671 g/mol. The Bertz CT molecular complexity index is 1910. The summed E-state index contributed by atoms with van der Waals surface area (Å²) >= 11 is 14.9. The Morgan fingerprint density at radius 1 is 0.894 bits per heavy atom. The van der Waals surface area contributed by atoms with Crippen molar-refractivity contribution in [2.24, 2.45) is 0 Å². The maximum atomic E-state index is 13.4. The average molecular weight is 702 g/mol. The van der Waals surface area contributed by atoms with E-state index in [2.05, 4.69) is 34.8 Å². The number of hydrogen-bond donors (Lipinski definition) is 3. The Morgan fingerprint density at radius 3 is 2.30 bits per heavy atom. The van der Waals surface area contributed by atoms with Gasteiger partial charge in [-0.05, 0) is 77.7 Å². The van der Waals surface area contributed by atoms with Crippen molar-refractivity contribution in [1.29, 1.82) is 0 Å². The molecule has 0 saturated heterocycles. The first-order chi connectivity index (χ1) is 22.6. The second kappa shape index (κ2) is 15.9. The number of benzene rings is 4. The van der Waals surface area contributed by atoms with Gasteiger partial charge in [0.15, 0.2) is 5.13 Å². The molecule has 0 saturated carbocycles. The first kappa shape index (κ1) is 33.9. The van der Waals surface area contributed by atoms with Crippen LogP contribution < -0.4 is 16.0 Å². The molecule has 3 N–H and O–H groups in total. The van der Waals surface area contributed by atoms with Crippen LogP contribution in [0.25, 0.3) is 17.3 Å². The molecule has 0 radical (unpaired) electrons. The van der Waals surface area contributed by atoms with Crippen molar-refractivity contribution in [3.63, 3.8) is 0 Å². The molecule has 5 aromatic rings. The Morgan fingerprint density at radius 2 is 1.62 bits per heavy atom. The maximum Gasteiger partial charge on any atom is 0.272 e. The Labute approximate surface area is 291 Å². The highest BCUT2D eigenvalue weighted by molar-refractivity contribution is 8.00. The molecule has 0 aliphatic heterocycles. The number of amides is 3. The van der Waals surface area contributed by atoms with Crippen molar-refractivity contribution < 1.29 is 14.4 Å². The lowest BCUT2D eigenvalue weighted by Crippen LogP contribution is -2.30. The number of thioether (sulfide) groups is 1. The molecule has 0 spiro atoms. The van der Waals surface area contributed by atoms with Crippen LogP contribution in [0.3, 0.4) is 0 Å². The summed E-state index contributed by atoms with van der Waals surface area (Å²) in [5.74, 6) is -0.531. The van der Waals surface area contributed by atoms with Crippen LogP contribution in [0.5, 0.6) is 0 Å². The molecule has 0 unspecified atom stereocenters. The summed E-state index contributed by atoms with van der Waals surface area (Å²) < 4.78 is 0. The van der Waals surface area contributed by atoms with Crippen molar-refractivity contribution >= 4 is 80.9 Å². The molecule has 238 valence electrons. The van der Waals surface area contributed by atoms with Gasteiger partial charge in [-0.2, -0.15) is 0 Å². The summed E-state index contributed by atoms with van der Waals surface area (Å²) in [7, 11) is 0. The summed E-state index contributed by atoms with van der Waals surface area (Å²) in [5.41, 5.74) is 4.42. The number of rotatable bonds is 11. The van der Waals surface area contributed by atoms with Gasteiger partial charge in [0.25, 0.3) is 11.8 Å². The molecule has 3 amide bonds. The fraction of sp³-hybridized carbons (Fsp3) is 0.111. The Hall–Kier alpha value is -4.41. The molecule has 0 aliphatic carbocycles. The van der Waals surface area contributed by atoms with Gasteiger partial charge in [0.1, 0.15) is 5.70 Å². The third-order valence-corrected chi connectivity index (χ3v) is 9.20. The van der Waals surface area contributed by atoms with E-state index in [-0.39, 0.29) is 17.4 Å². The van der Waals surface area contributed by atoms with Crippen LogP contribution in [-0.4, -0.2) is 28.5 Å². The molecule has 47 heavy (non-hydrogen) atoms. The lowest BCUT2D eigenvalue weighted by molar-refractivity contribution is -0.114. The largest absolute Gasteiger partial charge is 0.321 e. The fourth-order valence-corrected chi connectivity index (χ4v) is 6.31. The zero-order valence-corrected chi connectivity index (χ0v) is 28.6. The van der Waals surface area contributed by atoms with Crippen LogP contribution in [-0.2, 0) is 9.59 Å². The number of anilines is 2. The summed E-state index contributed by atoms with van der Waals surface area (Å²) in [6.07, 6.45) is 1.65. The van der Waals surface area contributed by atoms with Crippen LogP contribution in [0.15, 0.2) is 113 Å². The van der Waals surface area contributed by atoms with Gasteiger partial charge < -0.3 is 16.0 Å². The SMILES string of the molecule is CC(C)c1ccc(/C=C(\NC(=O)c2ccccc2)C(=O)Nc2ccc(SCC(=O)Nc3nc(-c4ccc(Cl)cc4Cl)cs3)cc2)cc1. The molecule has 7 nitrogen and oxygen atoms in total. The number of hydrogen-bond acceptors (Lipinski definition) is 6. The number of nitrogens with one attached hydrogen (secondary N) is 3. The quantitative estimate of drug-likeness (QED) is 0.0942. The van der Waals surface area contributed by atoms with Crippen molar-refractivity contribution in [3.8, 4) is 11.3 Å². The van der Waals surface area contributed by atoms with Crippen LogP contribution in [0.2, 0.25) is 10.0 Å². The minimum absolute atomic E-state index is 0.106. The highest BCUT2D eigenvalue weighted by atomic mass is 35.5. The van der Waals surface area contributed by atoms with Crippen molar-refractivity contribution in [2.75, 3.05) is 16.4 Å². The third-order valence-electron chi connectivity index (χ3n) is 6.88. The highest BCUT2D eigenvalue weighted by Gasteiger charge is 2.16. The van der Waals surface area contributed by atoms with E-state index < -0.39 is 11.8 Å². The van der Waals surface area contributed by atoms with E-state index in [1.54, 1.807) is 60.7 Å². The van der Waals surface area contributed by atoms with Crippen LogP contribution >= 0.6 is 46.3 Å². The number of halogens is 2. The van der Waals surface area contributed by atoms with Crippen LogP contribution in [0.4, 0.5) is 10.8 Å². The number of carbonyl (C=O) groups excluding carboxylic acids is 3. The number of thiazole rings is 1. The first-order valence-electron chi connectivity index (χ1n) is 14.6. The van der Waals surface area contributed by atoms with Crippen LogP contribution in [0, 0.1) is 0 Å². The molecule has 0 fully saturated rings. The maximum absolute atomic E-state index is 13.4. The van der Waals surface area contributed by atoms with Gasteiger partial charge in [-0.25, -0.2) is 4.98 Å². The molecule has 1 aromatic heterocycles. The van der Waals surface area contributed by atoms with Crippen molar-refractivity contribution in [2.45, 2.75) is 24.7 Å². The lowest BCUT2D eigenvalue weighted by atomic mass is 10.0. The highest BCUT2D eigenvalue weighted by Crippen LogP contribution is 2.32.